The van der Waals surface area contributed by atoms with Crippen LogP contribution in [0.5, 0.6) is 0 Å². The fourth-order valence-electron chi connectivity index (χ4n) is 1.87. The molecule has 0 N–H and O–H groups in total. The third-order valence-electron chi connectivity index (χ3n) is 2.87. The predicted molar refractivity (Wildman–Crippen MR) is 71.6 cm³/mol. The van der Waals surface area contributed by atoms with Gasteiger partial charge in [0, 0.05) is 24.3 Å². The summed E-state index contributed by atoms with van der Waals surface area (Å²) in [6, 6.07) is 0. The van der Waals surface area contributed by atoms with Crippen LogP contribution in [-0.2, 0) is 4.74 Å². The highest BCUT2D eigenvalue weighted by Gasteiger charge is 2.26. The van der Waals surface area contributed by atoms with E-state index in [2.05, 4.69) is 26.9 Å². The van der Waals surface area contributed by atoms with Crippen LogP contribution in [0.4, 0.5) is 0 Å². The fraction of sp³-hybridized carbons (Fsp3) is 0.455. The molecule has 0 amide bonds. The lowest BCUT2D eigenvalue weighted by Gasteiger charge is -2.12. The Bertz CT molecular complexity index is 564. The number of hydrogen-bond acceptors (Lipinski definition) is 6. The topological polar surface area (TPSA) is 65.7 Å². The van der Waals surface area contributed by atoms with Crippen LogP contribution in [0.1, 0.15) is 13.3 Å². The molecule has 0 spiro atoms. The minimum absolute atomic E-state index is 0.188. The molecule has 1 fully saturated rings. The Morgan fingerprint density at radius 3 is 3.00 bits per heavy atom. The second kappa shape index (κ2) is 5.44. The van der Waals surface area contributed by atoms with Crippen LogP contribution < -0.4 is 0 Å². The Balaban J connectivity index is 1.85. The van der Waals surface area contributed by atoms with Gasteiger partial charge in [-0.15, -0.1) is 0 Å². The van der Waals surface area contributed by atoms with Gasteiger partial charge >= 0.3 is 0 Å². The average Bonchev–Trinajstić information content (AvgIpc) is 3.01. The van der Waals surface area contributed by atoms with Crippen LogP contribution in [0.25, 0.3) is 5.95 Å². The molecule has 0 aromatic carbocycles. The number of imidazole rings is 1. The van der Waals surface area contributed by atoms with E-state index in [-0.39, 0.29) is 11.4 Å². The lowest BCUT2D eigenvalue weighted by atomic mass is 10.3. The number of nitrogens with zero attached hydrogens (tertiary/aromatic N) is 5. The van der Waals surface area contributed by atoms with Crippen molar-refractivity contribution in [3.05, 3.63) is 24.0 Å². The van der Waals surface area contributed by atoms with E-state index in [1.54, 1.807) is 35.0 Å². The van der Waals surface area contributed by atoms with Gasteiger partial charge in [-0.2, -0.15) is 15.0 Å². The van der Waals surface area contributed by atoms with Gasteiger partial charge in [0.15, 0.2) is 5.16 Å². The highest BCUT2D eigenvalue weighted by Crippen LogP contribution is 2.30. The molecule has 3 rings (SSSR count). The number of ether oxygens (including phenoxy) is 1. The summed E-state index contributed by atoms with van der Waals surface area (Å²) < 4.78 is 7.23. The summed E-state index contributed by atoms with van der Waals surface area (Å²) in [4.78, 5) is 16.6. The van der Waals surface area contributed by atoms with Crippen molar-refractivity contribution >= 4 is 23.4 Å². The van der Waals surface area contributed by atoms with Crippen molar-refractivity contribution in [2.24, 2.45) is 0 Å². The summed E-state index contributed by atoms with van der Waals surface area (Å²) in [5.74, 6) is 0.478. The molecule has 0 bridgehead atoms. The zero-order chi connectivity index (χ0) is 13.2. The molecule has 100 valence electrons. The van der Waals surface area contributed by atoms with Crippen molar-refractivity contribution in [1.29, 1.82) is 0 Å². The largest absolute Gasteiger partial charge is 0.377 e. The van der Waals surface area contributed by atoms with Crippen LogP contribution in [0.15, 0.2) is 23.9 Å². The van der Waals surface area contributed by atoms with Gasteiger partial charge in [-0.25, -0.2) is 4.98 Å². The van der Waals surface area contributed by atoms with Crippen molar-refractivity contribution in [2.75, 3.05) is 6.61 Å². The van der Waals surface area contributed by atoms with Crippen LogP contribution in [0.3, 0.4) is 0 Å². The molecule has 2 aromatic heterocycles. The van der Waals surface area contributed by atoms with Crippen molar-refractivity contribution in [2.45, 2.75) is 29.9 Å². The van der Waals surface area contributed by atoms with Crippen molar-refractivity contribution < 1.29 is 4.74 Å². The zero-order valence-corrected chi connectivity index (χ0v) is 11.8. The number of aromatic nitrogens is 5. The van der Waals surface area contributed by atoms with Crippen molar-refractivity contribution in [3.63, 3.8) is 0 Å². The molecule has 2 aromatic rings. The van der Waals surface area contributed by atoms with Gasteiger partial charge < -0.3 is 4.74 Å². The molecule has 6 nitrogen and oxygen atoms in total. The number of thioether (sulfide) groups is 1. The molecule has 0 radical (unpaired) electrons. The van der Waals surface area contributed by atoms with Crippen LogP contribution in [0.2, 0.25) is 5.28 Å². The SMILES string of the molecule is CC1OCCC1Sc1nc(Cl)nc(-n2ccnc2)n1. The number of halogens is 1. The molecule has 2 unspecified atom stereocenters. The summed E-state index contributed by atoms with van der Waals surface area (Å²) in [5.41, 5.74) is 0. The molecular weight excluding hydrogens is 286 g/mol. The second-order valence-corrected chi connectivity index (χ2v) is 5.72. The first kappa shape index (κ1) is 12.8. The third-order valence-corrected chi connectivity index (χ3v) is 4.36. The first-order valence-electron chi connectivity index (χ1n) is 5.90. The molecule has 1 aliphatic heterocycles. The number of hydrogen-bond donors (Lipinski definition) is 0. The summed E-state index contributed by atoms with van der Waals surface area (Å²) in [5, 5.41) is 1.16. The van der Waals surface area contributed by atoms with Gasteiger partial charge in [0.25, 0.3) is 0 Å². The minimum Gasteiger partial charge on any atom is -0.377 e. The van der Waals surface area contributed by atoms with E-state index >= 15 is 0 Å². The molecule has 2 atom stereocenters. The van der Waals surface area contributed by atoms with Gasteiger partial charge in [-0.1, -0.05) is 11.8 Å². The fourth-order valence-corrected chi connectivity index (χ4v) is 3.10. The Morgan fingerprint density at radius 2 is 2.32 bits per heavy atom. The van der Waals surface area contributed by atoms with E-state index < -0.39 is 0 Å². The predicted octanol–water partition coefficient (Wildman–Crippen LogP) is 1.98. The molecule has 1 aliphatic rings. The van der Waals surface area contributed by atoms with Crippen molar-refractivity contribution in [1.82, 2.24) is 24.5 Å². The smallest absolute Gasteiger partial charge is 0.240 e. The van der Waals surface area contributed by atoms with Gasteiger partial charge in [0.1, 0.15) is 6.33 Å². The van der Waals surface area contributed by atoms with Crippen LogP contribution in [-0.4, -0.2) is 42.5 Å². The highest BCUT2D eigenvalue weighted by atomic mass is 35.5. The van der Waals surface area contributed by atoms with E-state index in [4.69, 9.17) is 16.3 Å². The van der Waals surface area contributed by atoms with E-state index in [1.165, 1.54) is 0 Å². The molecule has 8 heteroatoms. The summed E-state index contributed by atoms with van der Waals surface area (Å²) in [7, 11) is 0. The van der Waals surface area contributed by atoms with E-state index in [1.807, 2.05) is 0 Å². The summed E-state index contributed by atoms with van der Waals surface area (Å²) >= 11 is 7.53. The average molecular weight is 298 g/mol. The summed E-state index contributed by atoms with van der Waals surface area (Å²) in [6.07, 6.45) is 6.26. The quantitative estimate of drug-likeness (QED) is 0.863. The molecule has 0 saturated carbocycles. The van der Waals surface area contributed by atoms with Crippen LogP contribution >= 0.6 is 23.4 Å². The molecule has 1 saturated heterocycles. The first-order chi connectivity index (χ1) is 9.22. The van der Waals surface area contributed by atoms with Crippen LogP contribution in [0, 0.1) is 0 Å². The highest BCUT2D eigenvalue weighted by molar-refractivity contribution is 7.99. The summed E-state index contributed by atoms with van der Waals surface area (Å²) in [6.45, 7) is 2.84. The lowest BCUT2D eigenvalue weighted by Crippen LogP contribution is -2.14. The normalized spacial score (nSPS) is 22.8. The monoisotopic (exact) mass is 297 g/mol. The molecular formula is C11H12ClN5OS. The second-order valence-electron chi connectivity index (χ2n) is 4.18. The van der Waals surface area contributed by atoms with Gasteiger partial charge in [-0.05, 0) is 24.9 Å². The Kier molecular flexibility index (Phi) is 3.67. The minimum atomic E-state index is 0.188. The standard InChI is InChI=1S/C11H12ClN5OS/c1-7-8(2-5-18-7)19-11-15-9(12)14-10(16-11)17-4-3-13-6-17/h3-4,6-8H,2,5H2,1H3. The van der Waals surface area contributed by atoms with Gasteiger partial charge in [0.2, 0.25) is 11.2 Å². The zero-order valence-electron chi connectivity index (χ0n) is 10.2. The molecule has 3 heterocycles. The van der Waals surface area contributed by atoms with Gasteiger partial charge in [-0.3, -0.25) is 4.57 Å². The third kappa shape index (κ3) is 2.88. The number of rotatable bonds is 3. The first-order valence-corrected chi connectivity index (χ1v) is 7.16. The molecule has 0 aliphatic carbocycles. The maximum Gasteiger partial charge on any atom is 0.240 e. The maximum atomic E-state index is 5.95. The Hall–Kier alpha value is -1.18. The van der Waals surface area contributed by atoms with E-state index in [0.717, 1.165) is 13.0 Å². The van der Waals surface area contributed by atoms with Crippen molar-refractivity contribution in [3.8, 4) is 5.95 Å². The molecule has 19 heavy (non-hydrogen) atoms. The van der Waals surface area contributed by atoms with E-state index in [9.17, 15) is 0 Å². The van der Waals surface area contributed by atoms with E-state index in [0.29, 0.717) is 16.4 Å². The lowest BCUT2D eigenvalue weighted by molar-refractivity contribution is 0.127. The van der Waals surface area contributed by atoms with Gasteiger partial charge in [0.05, 0.1) is 6.10 Å². The Morgan fingerprint density at radius 1 is 1.42 bits per heavy atom. The Labute approximate surface area is 119 Å². The maximum absolute atomic E-state index is 5.95.